The van der Waals surface area contributed by atoms with Gasteiger partial charge in [-0.1, -0.05) is 0 Å². The average Bonchev–Trinajstić information content (AvgIpc) is 3.54. The third-order valence-corrected chi connectivity index (χ3v) is 6.14. The molecule has 0 amide bonds. The number of nitrogens with zero attached hydrogens (tertiary/aromatic N) is 7. The number of imidazole rings is 2. The molecule has 3 aromatic rings. The third kappa shape index (κ3) is 3.81. The van der Waals surface area contributed by atoms with Crippen molar-refractivity contribution in [3.8, 4) is 6.01 Å². The minimum Gasteiger partial charge on any atom is -0.467 e. The molecule has 0 spiro atoms. The van der Waals surface area contributed by atoms with Gasteiger partial charge in [-0.15, -0.1) is 0 Å². The smallest absolute Gasteiger partial charge is 0.322 e. The van der Waals surface area contributed by atoms with Crippen LogP contribution in [0.1, 0.15) is 49.2 Å². The molecule has 3 aromatic heterocycles. The molecule has 2 fully saturated rings. The summed E-state index contributed by atoms with van der Waals surface area (Å²) < 4.78 is 5.39. The van der Waals surface area contributed by atoms with E-state index in [2.05, 4.69) is 39.7 Å². The minimum atomic E-state index is 0.372. The molecule has 0 saturated carbocycles. The number of methoxy groups -OCH3 is 1. The van der Waals surface area contributed by atoms with Crippen molar-refractivity contribution in [3.63, 3.8) is 0 Å². The average molecular weight is 409 g/mol. The highest BCUT2D eigenvalue weighted by atomic mass is 16.5. The molecular weight excluding hydrogens is 382 g/mol. The second kappa shape index (κ2) is 8.29. The predicted molar refractivity (Wildman–Crippen MR) is 112 cm³/mol. The van der Waals surface area contributed by atoms with Gasteiger partial charge in [0.05, 0.1) is 7.11 Å². The molecule has 2 aliphatic rings. The Labute approximate surface area is 175 Å². The maximum Gasteiger partial charge on any atom is 0.322 e. The molecular formula is C20H27N9O. The van der Waals surface area contributed by atoms with E-state index in [1.807, 2.05) is 24.8 Å². The first kappa shape index (κ1) is 18.8. The summed E-state index contributed by atoms with van der Waals surface area (Å²) in [6.45, 7) is 3.55. The molecule has 0 atom stereocenters. The zero-order chi connectivity index (χ0) is 20.3. The van der Waals surface area contributed by atoms with Gasteiger partial charge in [-0.3, -0.25) is 0 Å². The maximum atomic E-state index is 5.39. The normalized spacial score (nSPS) is 18.7. The summed E-state index contributed by atoms with van der Waals surface area (Å²) in [6, 6.07) is 0.372. The fourth-order valence-electron chi connectivity index (χ4n) is 4.42. The Bertz CT molecular complexity index is 855. The first-order chi connectivity index (χ1) is 14.8. The summed E-state index contributed by atoms with van der Waals surface area (Å²) in [7, 11) is 1.61. The number of H-pyrrole nitrogens is 2. The lowest BCUT2D eigenvalue weighted by Gasteiger charge is -2.33. The Balaban J connectivity index is 1.27. The molecule has 2 N–H and O–H groups in total. The zero-order valence-corrected chi connectivity index (χ0v) is 17.2. The molecule has 5 heterocycles. The van der Waals surface area contributed by atoms with Crippen LogP contribution in [0.3, 0.4) is 0 Å². The number of hydrogen-bond acceptors (Lipinski definition) is 8. The minimum absolute atomic E-state index is 0.372. The van der Waals surface area contributed by atoms with Crippen LogP contribution in [-0.4, -0.2) is 68.2 Å². The molecule has 30 heavy (non-hydrogen) atoms. The zero-order valence-electron chi connectivity index (χ0n) is 17.2. The molecule has 10 nitrogen and oxygen atoms in total. The number of hydrogen-bond donors (Lipinski definition) is 2. The van der Waals surface area contributed by atoms with Crippen molar-refractivity contribution in [2.75, 3.05) is 43.1 Å². The van der Waals surface area contributed by atoms with Crippen molar-refractivity contribution in [1.82, 2.24) is 34.9 Å². The van der Waals surface area contributed by atoms with E-state index in [1.165, 1.54) is 0 Å². The Morgan fingerprint density at radius 2 is 1.23 bits per heavy atom. The Morgan fingerprint density at radius 3 is 1.60 bits per heavy atom. The van der Waals surface area contributed by atoms with Crippen molar-refractivity contribution < 1.29 is 4.74 Å². The van der Waals surface area contributed by atoms with E-state index in [1.54, 1.807) is 7.11 Å². The van der Waals surface area contributed by atoms with Gasteiger partial charge in [-0.2, -0.15) is 15.0 Å². The summed E-state index contributed by atoms with van der Waals surface area (Å²) in [6.07, 6.45) is 11.5. The van der Waals surface area contributed by atoms with E-state index in [-0.39, 0.29) is 0 Å². The number of ether oxygens (including phenoxy) is 1. The monoisotopic (exact) mass is 409 g/mol. The Hall–Kier alpha value is -3.17. The van der Waals surface area contributed by atoms with Crippen LogP contribution in [-0.2, 0) is 0 Å². The molecule has 5 rings (SSSR count). The second-order valence-corrected chi connectivity index (χ2v) is 7.89. The fraction of sp³-hybridized carbons (Fsp3) is 0.550. The van der Waals surface area contributed by atoms with E-state index in [9.17, 15) is 0 Å². The van der Waals surface area contributed by atoms with Crippen molar-refractivity contribution in [2.45, 2.75) is 37.5 Å². The fourth-order valence-corrected chi connectivity index (χ4v) is 4.42. The van der Waals surface area contributed by atoms with Crippen LogP contribution in [0.25, 0.3) is 0 Å². The second-order valence-electron chi connectivity index (χ2n) is 7.89. The summed E-state index contributed by atoms with van der Waals surface area (Å²) in [4.78, 5) is 33.6. The number of aromatic amines is 2. The lowest BCUT2D eigenvalue weighted by molar-refractivity contribution is 0.375. The van der Waals surface area contributed by atoms with Gasteiger partial charge in [0, 0.05) is 62.8 Å². The highest BCUT2D eigenvalue weighted by Gasteiger charge is 2.27. The van der Waals surface area contributed by atoms with Gasteiger partial charge in [-0.05, 0) is 25.7 Å². The van der Waals surface area contributed by atoms with E-state index >= 15 is 0 Å². The summed E-state index contributed by atoms with van der Waals surface area (Å²) in [5.74, 6) is 4.46. The first-order valence-corrected chi connectivity index (χ1v) is 10.6. The van der Waals surface area contributed by atoms with Crippen LogP contribution in [0.5, 0.6) is 6.01 Å². The molecule has 0 aliphatic carbocycles. The van der Waals surface area contributed by atoms with E-state index in [0.29, 0.717) is 29.7 Å². The van der Waals surface area contributed by atoms with Crippen LogP contribution < -0.4 is 14.5 Å². The molecule has 0 radical (unpaired) electrons. The first-order valence-electron chi connectivity index (χ1n) is 10.6. The Kier molecular flexibility index (Phi) is 5.20. The lowest BCUT2D eigenvalue weighted by atomic mass is 9.96. The summed E-state index contributed by atoms with van der Waals surface area (Å²) in [5, 5.41) is 0. The van der Waals surface area contributed by atoms with Crippen LogP contribution >= 0.6 is 0 Å². The van der Waals surface area contributed by atoms with E-state index in [4.69, 9.17) is 9.72 Å². The van der Waals surface area contributed by atoms with Crippen molar-refractivity contribution in [3.05, 3.63) is 36.4 Å². The molecule has 0 aromatic carbocycles. The van der Waals surface area contributed by atoms with Crippen molar-refractivity contribution >= 4 is 11.9 Å². The number of aromatic nitrogens is 7. The predicted octanol–water partition coefficient (Wildman–Crippen LogP) is 2.09. The molecule has 2 aliphatic heterocycles. The van der Waals surface area contributed by atoms with Crippen LogP contribution in [0, 0.1) is 0 Å². The SMILES string of the molecule is COc1nc(N2CCC(c3ncc[nH]3)CC2)nc(N2CCC(c3ncc[nH]3)CC2)n1. The maximum absolute atomic E-state index is 5.39. The van der Waals surface area contributed by atoms with Crippen LogP contribution in [0.2, 0.25) is 0 Å². The van der Waals surface area contributed by atoms with Gasteiger partial charge in [0.25, 0.3) is 0 Å². The largest absolute Gasteiger partial charge is 0.467 e. The lowest BCUT2D eigenvalue weighted by Crippen LogP contribution is -2.37. The number of nitrogens with one attached hydrogen (secondary N) is 2. The van der Waals surface area contributed by atoms with Gasteiger partial charge in [-0.25, -0.2) is 9.97 Å². The quantitative estimate of drug-likeness (QED) is 0.659. The molecule has 0 bridgehead atoms. The van der Waals surface area contributed by atoms with Gasteiger partial charge < -0.3 is 24.5 Å². The molecule has 10 heteroatoms. The summed E-state index contributed by atoms with van der Waals surface area (Å²) in [5.41, 5.74) is 0. The van der Waals surface area contributed by atoms with Crippen LogP contribution in [0.4, 0.5) is 11.9 Å². The van der Waals surface area contributed by atoms with Crippen molar-refractivity contribution in [2.24, 2.45) is 0 Å². The Morgan fingerprint density at radius 1 is 0.767 bits per heavy atom. The topological polar surface area (TPSA) is 112 Å². The number of anilines is 2. The number of rotatable bonds is 5. The van der Waals surface area contributed by atoms with E-state index in [0.717, 1.165) is 63.5 Å². The van der Waals surface area contributed by atoms with Crippen molar-refractivity contribution in [1.29, 1.82) is 0 Å². The highest BCUT2D eigenvalue weighted by molar-refractivity contribution is 5.41. The summed E-state index contributed by atoms with van der Waals surface area (Å²) >= 11 is 0. The molecule has 0 unspecified atom stereocenters. The van der Waals surface area contributed by atoms with Gasteiger partial charge in [0.1, 0.15) is 11.6 Å². The van der Waals surface area contributed by atoms with Gasteiger partial charge in [0.2, 0.25) is 11.9 Å². The van der Waals surface area contributed by atoms with Crippen LogP contribution in [0.15, 0.2) is 24.8 Å². The molecule has 2 saturated heterocycles. The number of piperidine rings is 2. The van der Waals surface area contributed by atoms with E-state index < -0.39 is 0 Å². The molecule has 158 valence electrons. The van der Waals surface area contributed by atoms with Gasteiger partial charge >= 0.3 is 6.01 Å². The highest BCUT2D eigenvalue weighted by Crippen LogP contribution is 2.30. The third-order valence-electron chi connectivity index (χ3n) is 6.14. The van der Waals surface area contributed by atoms with Gasteiger partial charge in [0.15, 0.2) is 0 Å². The standard InChI is InChI=1S/C20H27N9O/c1-30-20-26-18(28-10-2-14(3-11-28)16-21-6-7-22-16)25-19(27-20)29-12-4-15(5-13-29)17-23-8-9-24-17/h6-9,14-15H,2-5,10-13H2,1H3,(H,21,22)(H,23,24).